The highest BCUT2D eigenvalue weighted by molar-refractivity contribution is 5.85. The number of halogens is 1. The predicted molar refractivity (Wildman–Crippen MR) is 81.5 cm³/mol. The molecule has 1 aliphatic carbocycles. The van der Waals surface area contributed by atoms with Gasteiger partial charge in [-0.05, 0) is 43.9 Å². The van der Waals surface area contributed by atoms with E-state index in [4.69, 9.17) is 5.73 Å². The molecule has 1 aliphatic rings. The SMILES string of the molecule is CCN(CC)c1ccc([C@H](N)CC2CC2)cc1.Cl. The summed E-state index contributed by atoms with van der Waals surface area (Å²) in [4.78, 5) is 2.36. The summed E-state index contributed by atoms with van der Waals surface area (Å²) in [5.74, 6) is 0.896. The Morgan fingerprint density at radius 2 is 1.72 bits per heavy atom. The molecule has 0 spiro atoms. The van der Waals surface area contributed by atoms with Crippen LogP contribution in [0.3, 0.4) is 0 Å². The molecule has 0 aromatic heterocycles. The second-order valence-corrected chi connectivity index (χ2v) is 5.05. The average Bonchev–Trinajstić information content (AvgIpc) is 3.15. The first kappa shape index (κ1) is 15.3. The molecule has 1 aromatic carbocycles. The van der Waals surface area contributed by atoms with Gasteiger partial charge < -0.3 is 10.6 Å². The Morgan fingerprint density at radius 3 is 2.17 bits per heavy atom. The Kier molecular flexibility index (Phi) is 5.97. The van der Waals surface area contributed by atoms with Crippen molar-refractivity contribution < 1.29 is 0 Å². The lowest BCUT2D eigenvalue weighted by molar-refractivity contribution is 0.597. The van der Waals surface area contributed by atoms with Crippen LogP contribution in [0.25, 0.3) is 0 Å². The van der Waals surface area contributed by atoms with Gasteiger partial charge in [0.1, 0.15) is 0 Å². The highest BCUT2D eigenvalue weighted by Gasteiger charge is 2.24. The van der Waals surface area contributed by atoms with E-state index in [1.165, 1.54) is 24.1 Å². The van der Waals surface area contributed by atoms with E-state index in [0.29, 0.717) is 0 Å². The first-order chi connectivity index (χ1) is 8.24. The van der Waals surface area contributed by atoms with Crippen LogP contribution in [-0.2, 0) is 0 Å². The molecule has 1 aromatic rings. The van der Waals surface area contributed by atoms with Crippen molar-refractivity contribution in [1.82, 2.24) is 0 Å². The molecule has 0 aliphatic heterocycles. The molecule has 1 atom stereocenters. The molecule has 0 heterocycles. The van der Waals surface area contributed by atoms with Crippen LogP contribution < -0.4 is 10.6 Å². The molecule has 102 valence electrons. The normalized spacial score (nSPS) is 15.9. The summed E-state index contributed by atoms with van der Waals surface area (Å²) in [6, 6.07) is 9.03. The fourth-order valence-corrected chi connectivity index (χ4v) is 2.37. The van der Waals surface area contributed by atoms with E-state index in [-0.39, 0.29) is 18.4 Å². The number of nitrogens with two attached hydrogens (primary N) is 1. The van der Waals surface area contributed by atoms with E-state index in [2.05, 4.69) is 43.0 Å². The molecule has 1 saturated carbocycles. The maximum absolute atomic E-state index is 6.21. The highest BCUT2D eigenvalue weighted by atomic mass is 35.5. The van der Waals surface area contributed by atoms with E-state index >= 15 is 0 Å². The molecule has 0 radical (unpaired) electrons. The van der Waals surface area contributed by atoms with Crippen molar-refractivity contribution in [2.45, 2.75) is 39.2 Å². The van der Waals surface area contributed by atoms with Crippen molar-refractivity contribution in [2.75, 3.05) is 18.0 Å². The average molecular weight is 269 g/mol. The molecule has 0 saturated heterocycles. The van der Waals surface area contributed by atoms with Gasteiger partial charge >= 0.3 is 0 Å². The van der Waals surface area contributed by atoms with Gasteiger partial charge in [-0.1, -0.05) is 25.0 Å². The van der Waals surface area contributed by atoms with Crippen LogP contribution >= 0.6 is 12.4 Å². The van der Waals surface area contributed by atoms with E-state index < -0.39 is 0 Å². The van der Waals surface area contributed by atoms with Crippen LogP contribution in [0.1, 0.15) is 44.7 Å². The summed E-state index contributed by atoms with van der Waals surface area (Å²) in [7, 11) is 0. The van der Waals surface area contributed by atoms with Crippen LogP contribution in [0.5, 0.6) is 0 Å². The Bertz CT molecular complexity index is 342. The summed E-state index contributed by atoms with van der Waals surface area (Å²) < 4.78 is 0. The van der Waals surface area contributed by atoms with Crippen molar-refractivity contribution in [1.29, 1.82) is 0 Å². The summed E-state index contributed by atoms with van der Waals surface area (Å²) in [5.41, 5.74) is 8.80. The van der Waals surface area contributed by atoms with Crippen molar-refractivity contribution in [2.24, 2.45) is 11.7 Å². The number of anilines is 1. The highest BCUT2D eigenvalue weighted by Crippen LogP contribution is 2.36. The minimum absolute atomic E-state index is 0. The van der Waals surface area contributed by atoms with E-state index in [1.807, 2.05) is 0 Å². The maximum Gasteiger partial charge on any atom is 0.0366 e. The molecular formula is C15H25ClN2. The first-order valence-electron chi connectivity index (χ1n) is 6.85. The minimum Gasteiger partial charge on any atom is -0.372 e. The Morgan fingerprint density at radius 1 is 1.17 bits per heavy atom. The zero-order chi connectivity index (χ0) is 12.3. The van der Waals surface area contributed by atoms with Gasteiger partial charge in [0.15, 0.2) is 0 Å². The summed E-state index contributed by atoms with van der Waals surface area (Å²) in [6.07, 6.45) is 3.92. The smallest absolute Gasteiger partial charge is 0.0366 e. The Labute approximate surface area is 117 Å². The summed E-state index contributed by atoms with van der Waals surface area (Å²) in [5, 5.41) is 0. The lowest BCUT2D eigenvalue weighted by Gasteiger charge is -2.21. The molecule has 2 N–H and O–H groups in total. The molecule has 2 rings (SSSR count). The van der Waals surface area contributed by atoms with Crippen LogP contribution in [0.15, 0.2) is 24.3 Å². The minimum atomic E-state index is 0. The van der Waals surface area contributed by atoms with Crippen LogP contribution in [0.2, 0.25) is 0 Å². The van der Waals surface area contributed by atoms with Crippen molar-refractivity contribution in [3.05, 3.63) is 29.8 Å². The van der Waals surface area contributed by atoms with Crippen molar-refractivity contribution in [3.8, 4) is 0 Å². The van der Waals surface area contributed by atoms with Gasteiger partial charge in [-0.3, -0.25) is 0 Å². The van der Waals surface area contributed by atoms with Crippen LogP contribution in [0, 0.1) is 5.92 Å². The second-order valence-electron chi connectivity index (χ2n) is 5.05. The number of hydrogen-bond donors (Lipinski definition) is 1. The largest absolute Gasteiger partial charge is 0.372 e. The van der Waals surface area contributed by atoms with Gasteiger partial charge in [0.05, 0.1) is 0 Å². The molecule has 3 heteroatoms. The maximum atomic E-state index is 6.21. The summed E-state index contributed by atoms with van der Waals surface area (Å²) in [6.45, 7) is 6.50. The molecule has 2 nitrogen and oxygen atoms in total. The number of hydrogen-bond acceptors (Lipinski definition) is 2. The van der Waals surface area contributed by atoms with E-state index in [0.717, 1.165) is 25.4 Å². The van der Waals surface area contributed by atoms with Gasteiger partial charge in [-0.25, -0.2) is 0 Å². The van der Waals surface area contributed by atoms with Gasteiger partial charge in [0.2, 0.25) is 0 Å². The van der Waals surface area contributed by atoms with Gasteiger partial charge in [-0.2, -0.15) is 0 Å². The van der Waals surface area contributed by atoms with Gasteiger partial charge in [-0.15, -0.1) is 12.4 Å². The summed E-state index contributed by atoms with van der Waals surface area (Å²) >= 11 is 0. The molecule has 0 unspecified atom stereocenters. The standard InChI is InChI=1S/C15H24N2.ClH/c1-3-17(4-2)14-9-7-13(8-10-14)15(16)11-12-5-6-12;/h7-10,12,15H,3-6,11,16H2,1-2H3;1H/t15-;/m1./s1. The van der Waals surface area contributed by atoms with E-state index in [1.54, 1.807) is 0 Å². The zero-order valence-electron chi connectivity index (χ0n) is 11.4. The van der Waals surface area contributed by atoms with Crippen molar-refractivity contribution >= 4 is 18.1 Å². The molecule has 18 heavy (non-hydrogen) atoms. The van der Waals surface area contributed by atoms with Crippen molar-refractivity contribution in [3.63, 3.8) is 0 Å². The lowest BCUT2D eigenvalue weighted by Crippen LogP contribution is -2.21. The Balaban J connectivity index is 0.00000162. The van der Waals surface area contributed by atoms with E-state index in [9.17, 15) is 0 Å². The third kappa shape index (κ3) is 3.89. The third-order valence-corrected chi connectivity index (χ3v) is 3.73. The number of rotatable bonds is 6. The zero-order valence-corrected chi connectivity index (χ0v) is 12.2. The quantitative estimate of drug-likeness (QED) is 0.851. The lowest BCUT2D eigenvalue weighted by atomic mass is 10.0. The third-order valence-electron chi connectivity index (χ3n) is 3.73. The fraction of sp³-hybridized carbons (Fsp3) is 0.600. The van der Waals surface area contributed by atoms with Gasteiger partial charge in [0.25, 0.3) is 0 Å². The van der Waals surface area contributed by atoms with Crippen LogP contribution in [0.4, 0.5) is 5.69 Å². The number of nitrogens with zero attached hydrogens (tertiary/aromatic N) is 1. The topological polar surface area (TPSA) is 29.3 Å². The fourth-order valence-electron chi connectivity index (χ4n) is 2.37. The van der Waals surface area contributed by atoms with Gasteiger partial charge in [0, 0.05) is 24.8 Å². The molecule has 1 fully saturated rings. The molecule has 0 bridgehead atoms. The second kappa shape index (κ2) is 7.01. The molecule has 0 amide bonds. The first-order valence-corrected chi connectivity index (χ1v) is 6.85. The Hall–Kier alpha value is -0.730. The van der Waals surface area contributed by atoms with Crippen LogP contribution in [-0.4, -0.2) is 13.1 Å². The predicted octanol–water partition coefficient (Wildman–Crippen LogP) is 3.75. The number of benzene rings is 1. The molecular weight excluding hydrogens is 244 g/mol. The monoisotopic (exact) mass is 268 g/mol.